The minimum atomic E-state index is 0.323. The number of benzene rings is 1. The molecule has 1 N–H and O–H groups in total. The highest BCUT2D eigenvalue weighted by atomic mass is 79.9. The average Bonchev–Trinajstić information content (AvgIpc) is 3.14. The highest BCUT2D eigenvalue weighted by Gasteiger charge is 2.31. The molecule has 2 heterocycles. The molecule has 2 aromatic rings. The normalized spacial score (nSPS) is 18.9. The zero-order chi connectivity index (χ0) is 19.5. The summed E-state index contributed by atoms with van der Waals surface area (Å²) in [5.74, 6) is 0. The zero-order valence-corrected chi connectivity index (χ0v) is 17.6. The maximum atomic E-state index is 4.46. The standard InChI is InChI=1S/C24H24BrN3/c1-3-6-23(27-18-12-14-26-15-13-18)19-8-5-16-28(17(19)2)24-11-10-20-21(24)7-4-9-22(20)25/h4-9,12-16,24H,2-3,10-11H2,1H3,(H,26,27)/b23-6+. The third-order valence-corrected chi connectivity index (χ3v) is 6.05. The molecule has 0 radical (unpaired) electrons. The van der Waals surface area contributed by atoms with Crippen molar-refractivity contribution >= 4 is 21.6 Å². The monoisotopic (exact) mass is 433 g/mol. The van der Waals surface area contributed by atoms with Crippen molar-refractivity contribution in [3.63, 3.8) is 0 Å². The number of allylic oxidation sites excluding steroid dienone is 3. The van der Waals surface area contributed by atoms with Gasteiger partial charge < -0.3 is 10.2 Å². The molecule has 4 rings (SSSR count). The second-order valence-electron chi connectivity index (χ2n) is 7.02. The van der Waals surface area contributed by atoms with E-state index in [1.807, 2.05) is 12.1 Å². The number of aromatic nitrogens is 1. The van der Waals surface area contributed by atoms with Crippen LogP contribution in [0, 0.1) is 0 Å². The van der Waals surface area contributed by atoms with Gasteiger partial charge in [-0.3, -0.25) is 4.98 Å². The van der Waals surface area contributed by atoms with Crippen LogP contribution in [-0.2, 0) is 6.42 Å². The van der Waals surface area contributed by atoms with Crippen LogP contribution in [0.5, 0.6) is 0 Å². The fraction of sp³-hybridized carbons (Fsp3) is 0.208. The molecule has 28 heavy (non-hydrogen) atoms. The van der Waals surface area contributed by atoms with Crippen LogP contribution in [-0.4, -0.2) is 9.88 Å². The fourth-order valence-corrected chi connectivity index (χ4v) is 4.57. The first-order valence-electron chi connectivity index (χ1n) is 9.70. The molecule has 1 aromatic heterocycles. The second-order valence-corrected chi connectivity index (χ2v) is 7.88. The van der Waals surface area contributed by atoms with Crippen LogP contribution in [0.15, 0.2) is 95.2 Å². The van der Waals surface area contributed by atoms with Gasteiger partial charge in [0.25, 0.3) is 0 Å². The predicted octanol–water partition coefficient (Wildman–Crippen LogP) is 6.51. The Hall–Kier alpha value is -2.59. The molecule has 3 nitrogen and oxygen atoms in total. The van der Waals surface area contributed by atoms with Crippen molar-refractivity contribution in [3.8, 4) is 0 Å². The summed E-state index contributed by atoms with van der Waals surface area (Å²) in [6.07, 6.45) is 15.4. The summed E-state index contributed by atoms with van der Waals surface area (Å²) in [5, 5.41) is 3.54. The van der Waals surface area contributed by atoms with Crippen LogP contribution in [0.2, 0.25) is 0 Å². The lowest BCUT2D eigenvalue weighted by atomic mass is 10.00. The van der Waals surface area contributed by atoms with E-state index in [4.69, 9.17) is 0 Å². The van der Waals surface area contributed by atoms with Crippen molar-refractivity contribution in [2.75, 3.05) is 5.32 Å². The van der Waals surface area contributed by atoms with Crippen LogP contribution in [0.1, 0.15) is 36.9 Å². The number of rotatable bonds is 5. The zero-order valence-electron chi connectivity index (χ0n) is 16.0. The second kappa shape index (κ2) is 8.19. The molecule has 0 fully saturated rings. The van der Waals surface area contributed by atoms with Crippen molar-refractivity contribution < 1.29 is 0 Å². The van der Waals surface area contributed by atoms with Gasteiger partial charge in [0, 0.05) is 45.7 Å². The molecule has 1 aliphatic heterocycles. The van der Waals surface area contributed by atoms with E-state index in [0.29, 0.717) is 6.04 Å². The third-order valence-electron chi connectivity index (χ3n) is 5.31. The van der Waals surface area contributed by atoms with Crippen molar-refractivity contribution in [1.29, 1.82) is 0 Å². The van der Waals surface area contributed by atoms with E-state index in [-0.39, 0.29) is 0 Å². The van der Waals surface area contributed by atoms with Crippen LogP contribution >= 0.6 is 15.9 Å². The van der Waals surface area contributed by atoms with Crippen LogP contribution < -0.4 is 5.32 Å². The third kappa shape index (κ3) is 3.57. The van der Waals surface area contributed by atoms with Gasteiger partial charge in [-0.1, -0.05) is 47.6 Å². The molecule has 1 unspecified atom stereocenters. The molecule has 1 atom stereocenters. The van der Waals surface area contributed by atoms with E-state index in [0.717, 1.165) is 41.9 Å². The largest absolute Gasteiger partial charge is 0.355 e. The van der Waals surface area contributed by atoms with Gasteiger partial charge in [0.2, 0.25) is 0 Å². The first-order valence-corrected chi connectivity index (χ1v) is 10.5. The summed E-state index contributed by atoms with van der Waals surface area (Å²) in [7, 11) is 0. The molecule has 142 valence electrons. The average molecular weight is 434 g/mol. The number of nitrogens with zero attached hydrogens (tertiary/aromatic N) is 2. The maximum absolute atomic E-state index is 4.46. The predicted molar refractivity (Wildman–Crippen MR) is 120 cm³/mol. The number of hydrogen-bond donors (Lipinski definition) is 1. The SMILES string of the molecule is C=C1C(/C(=C\CC)Nc2ccncc2)=CC=CN1C1CCc2c(Br)cccc21. The van der Waals surface area contributed by atoms with Gasteiger partial charge in [-0.2, -0.15) is 0 Å². The lowest BCUT2D eigenvalue weighted by Crippen LogP contribution is -2.25. The van der Waals surface area contributed by atoms with Crippen molar-refractivity contribution in [2.45, 2.75) is 32.2 Å². The Labute approximate surface area is 175 Å². The van der Waals surface area contributed by atoms with Gasteiger partial charge in [0.1, 0.15) is 0 Å². The molecule has 0 bridgehead atoms. The summed E-state index contributed by atoms with van der Waals surface area (Å²) < 4.78 is 1.21. The topological polar surface area (TPSA) is 28.2 Å². The Morgan fingerprint density at radius 2 is 2.14 bits per heavy atom. The summed E-state index contributed by atoms with van der Waals surface area (Å²) in [6.45, 7) is 6.61. The number of fused-ring (bicyclic) bond motifs is 1. The molecule has 1 aliphatic carbocycles. The Kier molecular flexibility index (Phi) is 5.49. The molecule has 0 spiro atoms. The molecular weight excluding hydrogens is 410 g/mol. The van der Waals surface area contributed by atoms with E-state index < -0.39 is 0 Å². The number of anilines is 1. The molecule has 2 aliphatic rings. The van der Waals surface area contributed by atoms with Gasteiger partial charge in [-0.25, -0.2) is 0 Å². The van der Waals surface area contributed by atoms with E-state index in [9.17, 15) is 0 Å². The number of pyridine rings is 1. The van der Waals surface area contributed by atoms with Gasteiger partial charge in [0.05, 0.1) is 6.04 Å². The molecule has 4 heteroatoms. The number of nitrogens with one attached hydrogen (secondary N) is 1. The van der Waals surface area contributed by atoms with Crippen LogP contribution in [0.4, 0.5) is 5.69 Å². The van der Waals surface area contributed by atoms with Crippen LogP contribution in [0.25, 0.3) is 0 Å². The minimum absolute atomic E-state index is 0.323. The molecule has 0 amide bonds. The first kappa shape index (κ1) is 18.8. The van der Waals surface area contributed by atoms with Gasteiger partial charge >= 0.3 is 0 Å². The molecular formula is C24H24BrN3. The van der Waals surface area contributed by atoms with E-state index >= 15 is 0 Å². The van der Waals surface area contributed by atoms with Crippen molar-refractivity contribution in [1.82, 2.24) is 9.88 Å². The first-order chi connectivity index (χ1) is 13.7. The van der Waals surface area contributed by atoms with E-state index in [2.05, 4.69) is 87.3 Å². The Morgan fingerprint density at radius 3 is 2.93 bits per heavy atom. The lowest BCUT2D eigenvalue weighted by Gasteiger charge is -2.34. The summed E-state index contributed by atoms with van der Waals surface area (Å²) in [6, 6.07) is 10.8. The fourth-order valence-electron chi connectivity index (χ4n) is 3.99. The highest BCUT2D eigenvalue weighted by molar-refractivity contribution is 9.10. The Morgan fingerprint density at radius 1 is 1.32 bits per heavy atom. The quantitative estimate of drug-likeness (QED) is 0.582. The summed E-state index contributed by atoms with van der Waals surface area (Å²) in [5.41, 5.74) is 7.08. The lowest BCUT2D eigenvalue weighted by molar-refractivity contribution is 0.349. The number of halogens is 1. The van der Waals surface area contributed by atoms with Crippen molar-refractivity contribution in [3.05, 3.63) is 106 Å². The molecule has 0 saturated carbocycles. The van der Waals surface area contributed by atoms with Gasteiger partial charge in [-0.05, 0) is 60.7 Å². The van der Waals surface area contributed by atoms with Gasteiger partial charge in [0.15, 0.2) is 0 Å². The highest BCUT2D eigenvalue weighted by Crippen LogP contribution is 2.43. The number of hydrogen-bond acceptors (Lipinski definition) is 3. The molecule has 0 saturated heterocycles. The smallest absolute Gasteiger partial charge is 0.0592 e. The van der Waals surface area contributed by atoms with Gasteiger partial charge in [-0.15, -0.1) is 0 Å². The summed E-state index contributed by atoms with van der Waals surface area (Å²) in [4.78, 5) is 6.43. The maximum Gasteiger partial charge on any atom is 0.0592 e. The Balaban J connectivity index is 1.62. The summed E-state index contributed by atoms with van der Waals surface area (Å²) >= 11 is 3.71. The van der Waals surface area contributed by atoms with Crippen molar-refractivity contribution in [2.24, 2.45) is 0 Å². The van der Waals surface area contributed by atoms with E-state index in [1.165, 1.54) is 15.6 Å². The van der Waals surface area contributed by atoms with Crippen LogP contribution in [0.3, 0.4) is 0 Å². The van der Waals surface area contributed by atoms with E-state index in [1.54, 1.807) is 12.4 Å². The molecule has 1 aromatic carbocycles. The Bertz CT molecular complexity index is 973. The minimum Gasteiger partial charge on any atom is -0.355 e.